The molecule has 1 radical (unpaired) electrons. The van der Waals surface area contributed by atoms with Crippen LogP contribution in [0.5, 0.6) is 0 Å². The zero-order chi connectivity index (χ0) is 2.71. The predicted octanol–water partition coefficient (Wildman–Crippen LogP) is -2.13. The van der Waals surface area contributed by atoms with E-state index in [1.807, 2.05) is 0 Å². The molecule has 0 aliphatic rings. The molecule has 1 nitrogen and oxygen atoms in total. The van der Waals surface area contributed by atoms with E-state index in [4.69, 9.17) is 5.11 Å². The summed E-state index contributed by atoms with van der Waals surface area (Å²) < 4.78 is 0. The van der Waals surface area contributed by atoms with Crippen LogP contribution in [0.3, 0.4) is 0 Å². The van der Waals surface area contributed by atoms with Crippen molar-refractivity contribution in [3.05, 3.63) is 6.92 Å². The Hall–Kier alpha value is 2.96. The van der Waals surface area contributed by atoms with Gasteiger partial charge >= 0.3 is 88.7 Å². The molecule has 6 heavy (non-hydrogen) atoms. The molecule has 0 fully saturated rings. The molecule has 0 heterocycles. The Balaban J connectivity index is -0.00000000667. The van der Waals surface area contributed by atoms with Crippen molar-refractivity contribution in [2.45, 2.75) is 0 Å². The normalized spacial score (nSPS) is 3.00. The quantitative estimate of drug-likeness (QED) is 0.359. The van der Waals surface area contributed by atoms with Gasteiger partial charge in [-0.2, -0.15) is 0 Å². The summed E-state index contributed by atoms with van der Waals surface area (Å²) in [5.74, 6) is 0. The molecule has 0 aromatic carbocycles. The first-order chi connectivity index (χ1) is 1.41. The first kappa shape index (κ1) is 23.1. The van der Waals surface area contributed by atoms with Crippen molar-refractivity contribution >= 4 is 88.7 Å². The molecule has 0 aliphatic carbocycles. The fourth-order valence-corrected chi connectivity index (χ4v) is 0. The van der Waals surface area contributed by atoms with Gasteiger partial charge in [0.1, 0.15) is 0 Å². The summed E-state index contributed by atoms with van der Waals surface area (Å²) in [6, 6.07) is 0. The Morgan fingerprint density at radius 2 is 1.17 bits per heavy atom. The van der Waals surface area contributed by atoms with Crippen molar-refractivity contribution < 1.29 is 5.11 Å². The van der Waals surface area contributed by atoms with Gasteiger partial charge in [0.25, 0.3) is 0 Å². The van der Waals surface area contributed by atoms with Crippen LogP contribution in [0.25, 0.3) is 0 Å². The standard InChI is InChI=1S/C2H5O.3Na.3H/c1-2-3;;;;;;/h3H,1-2H2;;;;;;. The number of aliphatic hydroxyl groups is 1. The summed E-state index contributed by atoms with van der Waals surface area (Å²) in [4.78, 5) is 0. The third kappa shape index (κ3) is 28.2. The van der Waals surface area contributed by atoms with E-state index in [2.05, 4.69) is 6.92 Å². The summed E-state index contributed by atoms with van der Waals surface area (Å²) in [5.41, 5.74) is 0. The summed E-state index contributed by atoms with van der Waals surface area (Å²) >= 11 is 0. The first-order valence-corrected chi connectivity index (χ1v) is 0.816. The van der Waals surface area contributed by atoms with Crippen molar-refractivity contribution in [1.82, 2.24) is 0 Å². The second-order valence-electron chi connectivity index (χ2n) is 0.224. The fraction of sp³-hybridized carbons (Fsp3) is 0.500. The molecule has 0 atom stereocenters. The van der Waals surface area contributed by atoms with Crippen molar-refractivity contribution in [3.8, 4) is 0 Å². The second-order valence-corrected chi connectivity index (χ2v) is 0.224. The van der Waals surface area contributed by atoms with Crippen LogP contribution in [0, 0.1) is 6.92 Å². The van der Waals surface area contributed by atoms with Crippen molar-refractivity contribution in [3.63, 3.8) is 0 Å². The molecular formula is C2H8Na3O. The van der Waals surface area contributed by atoms with Gasteiger partial charge in [-0.15, -0.1) is 0 Å². The topological polar surface area (TPSA) is 20.2 Å². The Labute approximate surface area is 105 Å². The summed E-state index contributed by atoms with van der Waals surface area (Å²) in [7, 11) is 0. The fourth-order valence-electron chi connectivity index (χ4n) is 0. The molecule has 4 heteroatoms. The van der Waals surface area contributed by atoms with Crippen molar-refractivity contribution in [1.29, 1.82) is 0 Å². The molecule has 25 valence electrons. The van der Waals surface area contributed by atoms with Crippen LogP contribution in [0.1, 0.15) is 0 Å². The van der Waals surface area contributed by atoms with E-state index >= 15 is 0 Å². The monoisotopic (exact) mass is 117 g/mol. The van der Waals surface area contributed by atoms with Gasteiger partial charge in [0, 0.05) is 6.61 Å². The Morgan fingerprint density at radius 1 is 1.17 bits per heavy atom. The van der Waals surface area contributed by atoms with Gasteiger partial charge < -0.3 is 5.11 Å². The third-order valence-electron chi connectivity index (χ3n) is 0. The van der Waals surface area contributed by atoms with E-state index in [-0.39, 0.29) is 95.3 Å². The van der Waals surface area contributed by atoms with Gasteiger partial charge in [0.05, 0.1) is 0 Å². The van der Waals surface area contributed by atoms with Crippen LogP contribution < -0.4 is 0 Å². The molecule has 0 amide bonds. The number of hydrogen-bond donors (Lipinski definition) is 1. The Morgan fingerprint density at radius 3 is 1.17 bits per heavy atom. The molecule has 0 saturated heterocycles. The number of hydrogen-bond acceptors (Lipinski definition) is 1. The molecule has 0 unspecified atom stereocenters. The predicted molar refractivity (Wildman–Crippen MR) is 33.9 cm³/mol. The minimum atomic E-state index is 0. The molecule has 0 aromatic rings. The number of rotatable bonds is 0. The minimum absolute atomic E-state index is 0. The van der Waals surface area contributed by atoms with Crippen LogP contribution in [-0.2, 0) is 0 Å². The average Bonchev–Trinajstić information content (AvgIpc) is 0.918. The zero-order valence-electron chi connectivity index (χ0n) is 1.86. The molecule has 0 saturated carbocycles. The maximum atomic E-state index is 7.46. The Bertz CT molecular complexity index is 8.75. The maximum absolute atomic E-state index is 7.46. The van der Waals surface area contributed by atoms with Gasteiger partial charge in [-0.3, -0.25) is 0 Å². The van der Waals surface area contributed by atoms with Crippen LogP contribution in [-0.4, -0.2) is 100 Å². The van der Waals surface area contributed by atoms with E-state index in [0.717, 1.165) is 0 Å². The second kappa shape index (κ2) is 24.6. The van der Waals surface area contributed by atoms with E-state index in [1.54, 1.807) is 0 Å². The molecule has 0 aromatic heterocycles. The molecule has 0 spiro atoms. The van der Waals surface area contributed by atoms with E-state index < -0.39 is 0 Å². The van der Waals surface area contributed by atoms with Gasteiger partial charge in [-0.05, 0) is 6.92 Å². The van der Waals surface area contributed by atoms with Gasteiger partial charge in [0.2, 0.25) is 0 Å². The molecular weight excluding hydrogens is 109 g/mol. The summed E-state index contributed by atoms with van der Waals surface area (Å²) in [6.07, 6.45) is 0. The number of aliphatic hydroxyl groups excluding tert-OH is 1. The van der Waals surface area contributed by atoms with Crippen molar-refractivity contribution in [2.24, 2.45) is 0 Å². The van der Waals surface area contributed by atoms with Gasteiger partial charge in [0.15, 0.2) is 0 Å². The molecule has 0 rings (SSSR count). The van der Waals surface area contributed by atoms with Crippen LogP contribution >= 0.6 is 0 Å². The Kier molecular flexibility index (Phi) is 94.6. The van der Waals surface area contributed by atoms with Crippen LogP contribution in [0.2, 0.25) is 0 Å². The van der Waals surface area contributed by atoms with E-state index in [9.17, 15) is 0 Å². The third-order valence-corrected chi connectivity index (χ3v) is 0. The van der Waals surface area contributed by atoms with E-state index in [1.165, 1.54) is 0 Å². The SMILES string of the molecule is [CH2]CO.[NaH].[NaH].[NaH]. The zero-order valence-corrected chi connectivity index (χ0v) is 1.86. The average molecular weight is 117 g/mol. The molecule has 0 bridgehead atoms. The van der Waals surface area contributed by atoms with Crippen LogP contribution in [0.15, 0.2) is 0 Å². The molecule has 1 N–H and O–H groups in total. The first-order valence-electron chi connectivity index (χ1n) is 0.816. The van der Waals surface area contributed by atoms with E-state index in [0.29, 0.717) is 0 Å². The summed E-state index contributed by atoms with van der Waals surface area (Å²) in [5, 5.41) is 7.46. The van der Waals surface area contributed by atoms with Gasteiger partial charge in [-0.1, -0.05) is 0 Å². The van der Waals surface area contributed by atoms with Crippen molar-refractivity contribution in [2.75, 3.05) is 6.61 Å². The van der Waals surface area contributed by atoms with Crippen LogP contribution in [0.4, 0.5) is 0 Å². The summed E-state index contributed by atoms with van der Waals surface area (Å²) in [6.45, 7) is 3.04. The van der Waals surface area contributed by atoms with Gasteiger partial charge in [-0.25, -0.2) is 0 Å². The molecule has 0 aliphatic heterocycles.